The number of aliphatic hydroxyl groups is 1. The number of phenolic OH excluding ortho intramolecular Hbond substituents is 1. The van der Waals surface area contributed by atoms with Gasteiger partial charge >= 0.3 is 0 Å². The molecule has 0 aromatic heterocycles. The number of rotatable bonds is 11. The fourth-order valence-electron chi connectivity index (χ4n) is 3.97. The van der Waals surface area contributed by atoms with E-state index in [-0.39, 0.29) is 29.4 Å². The Bertz CT molecular complexity index is 1110. The number of unbranched alkanes of at least 4 members (excludes halogenated alkanes) is 1. The molecule has 1 unspecified atom stereocenters. The largest absolute Gasteiger partial charge is 0.507 e. The van der Waals surface area contributed by atoms with Crippen LogP contribution in [0.25, 0.3) is 5.76 Å². The highest BCUT2D eigenvalue weighted by Gasteiger charge is 2.46. The molecule has 35 heavy (non-hydrogen) atoms. The summed E-state index contributed by atoms with van der Waals surface area (Å²) in [7, 11) is 2.97. The third kappa shape index (κ3) is 5.79. The predicted octanol–water partition coefficient (Wildman–Crippen LogP) is 4.80. The second-order valence-electron chi connectivity index (χ2n) is 8.12. The monoisotopic (exact) mass is 547 g/mol. The van der Waals surface area contributed by atoms with Gasteiger partial charge in [-0.3, -0.25) is 9.59 Å². The average molecular weight is 548 g/mol. The molecule has 1 amide bonds. The van der Waals surface area contributed by atoms with Gasteiger partial charge in [0.2, 0.25) is 0 Å². The summed E-state index contributed by atoms with van der Waals surface area (Å²) in [5.41, 5.74) is 0.821. The Kier molecular flexibility index (Phi) is 9.17. The van der Waals surface area contributed by atoms with Crippen molar-refractivity contribution < 1.29 is 34.0 Å². The average Bonchev–Trinajstić information content (AvgIpc) is 3.10. The first-order valence-electron chi connectivity index (χ1n) is 11.4. The third-order valence-corrected chi connectivity index (χ3v) is 6.35. The zero-order chi connectivity index (χ0) is 25.5. The van der Waals surface area contributed by atoms with Crippen molar-refractivity contribution in [3.05, 3.63) is 57.6 Å². The van der Waals surface area contributed by atoms with Crippen LogP contribution in [-0.4, -0.2) is 60.8 Å². The van der Waals surface area contributed by atoms with Gasteiger partial charge in [-0.15, -0.1) is 0 Å². The van der Waals surface area contributed by atoms with Crippen molar-refractivity contribution in [3.63, 3.8) is 0 Å². The summed E-state index contributed by atoms with van der Waals surface area (Å²) in [5.74, 6) is -1.18. The van der Waals surface area contributed by atoms with E-state index in [1.54, 1.807) is 43.5 Å². The molecule has 1 saturated heterocycles. The van der Waals surface area contributed by atoms with Crippen LogP contribution >= 0.6 is 15.9 Å². The van der Waals surface area contributed by atoms with Crippen molar-refractivity contribution >= 4 is 33.4 Å². The van der Waals surface area contributed by atoms with Crippen molar-refractivity contribution in [2.75, 3.05) is 34.0 Å². The van der Waals surface area contributed by atoms with Crippen molar-refractivity contribution in [3.8, 4) is 17.2 Å². The third-order valence-electron chi connectivity index (χ3n) is 5.75. The Morgan fingerprint density at radius 3 is 2.57 bits per heavy atom. The van der Waals surface area contributed by atoms with E-state index < -0.39 is 17.7 Å². The smallest absolute Gasteiger partial charge is 0.295 e. The SMILES string of the molecule is CCCCOc1cccc(/C(O)=C2\C(=O)C(=O)N(CCCOC)C2c2cc(Br)c(O)c(OC)c2)c1. The molecule has 0 aliphatic carbocycles. The lowest BCUT2D eigenvalue weighted by Gasteiger charge is -2.26. The van der Waals surface area contributed by atoms with Gasteiger partial charge in [0.25, 0.3) is 11.7 Å². The Balaban J connectivity index is 2.13. The van der Waals surface area contributed by atoms with Crippen LogP contribution in [0.5, 0.6) is 17.2 Å². The van der Waals surface area contributed by atoms with Gasteiger partial charge in [-0.2, -0.15) is 0 Å². The first-order valence-corrected chi connectivity index (χ1v) is 12.2. The lowest BCUT2D eigenvalue weighted by atomic mass is 9.95. The van der Waals surface area contributed by atoms with E-state index in [9.17, 15) is 19.8 Å². The van der Waals surface area contributed by atoms with Crippen LogP contribution in [0.2, 0.25) is 0 Å². The van der Waals surface area contributed by atoms with Crippen molar-refractivity contribution in [2.24, 2.45) is 0 Å². The number of aromatic hydroxyl groups is 1. The molecule has 2 aromatic rings. The van der Waals surface area contributed by atoms with Crippen molar-refractivity contribution in [1.29, 1.82) is 0 Å². The number of hydrogen-bond acceptors (Lipinski definition) is 7. The molecule has 1 atom stereocenters. The van der Waals surface area contributed by atoms with E-state index >= 15 is 0 Å². The number of benzene rings is 2. The fraction of sp³-hybridized carbons (Fsp3) is 0.385. The van der Waals surface area contributed by atoms with Gasteiger partial charge in [-0.05, 0) is 58.6 Å². The summed E-state index contributed by atoms with van der Waals surface area (Å²) in [6, 6.07) is 9.07. The zero-order valence-corrected chi connectivity index (χ0v) is 21.6. The molecule has 0 radical (unpaired) electrons. The number of ketones is 1. The van der Waals surface area contributed by atoms with Gasteiger partial charge in [-0.1, -0.05) is 25.5 Å². The number of halogens is 1. The summed E-state index contributed by atoms with van der Waals surface area (Å²) in [5, 5.41) is 21.6. The van der Waals surface area contributed by atoms with Crippen LogP contribution in [0.15, 0.2) is 46.4 Å². The van der Waals surface area contributed by atoms with Gasteiger partial charge in [0.05, 0.1) is 29.8 Å². The summed E-state index contributed by atoms with van der Waals surface area (Å²) < 4.78 is 16.5. The highest BCUT2D eigenvalue weighted by Crippen LogP contribution is 2.44. The zero-order valence-electron chi connectivity index (χ0n) is 20.0. The molecule has 0 saturated carbocycles. The topological polar surface area (TPSA) is 106 Å². The normalized spacial score (nSPS) is 17.1. The van der Waals surface area contributed by atoms with Crippen LogP contribution < -0.4 is 9.47 Å². The van der Waals surface area contributed by atoms with E-state index in [1.165, 1.54) is 12.0 Å². The highest BCUT2D eigenvalue weighted by atomic mass is 79.9. The number of ether oxygens (including phenoxy) is 3. The number of aliphatic hydroxyl groups excluding tert-OH is 1. The maximum Gasteiger partial charge on any atom is 0.295 e. The number of methoxy groups -OCH3 is 2. The second kappa shape index (κ2) is 12.1. The number of carbonyl (C=O) groups is 2. The first kappa shape index (κ1) is 26.6. The number of nitrogens with zero attached hydrogens (tertiary/aromatic N) is 1. The molecule has 188 valence electrons. The summed E-state index contributed by atoms with van der Waals surface area (Å²) in [6.07, 6.45) is 2.37. The van der Waals surface area contributed by atoms with E-state index in [0.717, 1.165) is 12.8 Å². The first-order chi connectivity index (χ1) is 16.8. The van der Waals surface area contributed by atoms with Crippen molar-refractivity contribution in [1.82, 2.24) is 4.90 Å². The molecule has 0 spiro atoms. The van der Waals surface area contributed by atoms with Crippen LogP contribution in [0, 0.1) is 0 Å². The number of likely N-dealkylation sites (tertiary alicyclic amines) is 1. The molecule has 1 heterocycles. The lowest BCUT2D eigenvalue weighted by molar-refractivity contribution is -0.140. The molecule has 9 heteroatoms. The van der Waals surface area contributed by atoms with Crippen LogP contribution in [0.4, 0.5) is 0 Å². The minimum absolute atomic E-state index is 0.0437. The molecule has 1 aliphatic heterocycles. The second-order valence-corrected chi connectivity index (χ2v) is 8.98. The Morgan fingerprint density at radius 1 is 1.11 bits per heavy atom. The lowest BCUT2D eigenvalue weighted by Crippen LogP contribution is -2.31. The van der Waals surface area contributed by atoms with Crippen molar-refractivity contribution in [2.45, 2.75) is 32.2 Å². The van der Waals surface area contributed by atoms with Gasteiger partial charge < -0.3 is 29.3 Å². The maximum atomic E-state index is 13.2. The highest BCUT2D eigenvalue weighted by molar-refractivity contribution is 9.10. The van der Waals surface area contributed by atoms with Gasteiger partial charge in [0.1, 0.15) is 11.5 Å². The van der Waals surface area contributed by atoms with E-state index in [0.29, 0.717) is 41.0 Å². The molecule has 8 nitrogen and oxygen atoms in total. The standard InChI is InChI=1S/C26H30BrNO7/c1-4-5-12-35-18-9-6-8-16(13-18)23(29)21-22(17-14-19(27)24(30)20(15-17)34-3)28(10-7-11-33-2)26(32)25(21)31/h6,8-9,13-15,22,29-30H,4-5,7,10-12H2,1-3H3/b23-21+. The van der Waals surface area contributed by atoms with Gasteiger partial charge in [0, 0.05) is 25.8 Å². The summed E-state index contributed by atoms with van der Waals surface area (Å²) in [4.78, 5) is 27.6. The molecule has 0 bridgehead atoms. The van der Waals surface area contributed by atoms with E-state index in [2.05, 4.69) is 22.9 Å². The van der Waals surface area contributed by atoms with Crippen LogP contribution in [0.1, 0.15) is 43.4 Å². The molecule has 2 N–H and O–H groups in total. The molecule has 1 aliphatic rings. The van der Waals surface area contributed by atoms with E-state index in [1.807, 2.05) is 0 Å². The Morgan fingerprint density at radius 2 is 1.89 bits per heavy atom. The number of amides is 1. The minimum atomic E-state index is -0.887. The Hall–Kier alpha value is -3.04. The molecule has 2 aromatic carbocycles. The van der Waals surface area contributed by atoms with Crippen LogP contribution in [0.3, 0.4) is 0 Å². The molecular formula is C26H30BrNO7. The Labute approximate surface area is 213 Å². The number of carbonyl (C=O) groups excluding carboxylic acids is 2. The number of Topliss-reactive ketones (excluding diaryl/α,β-unsaturated/α-hetero) is 1. The summed E-state index contributed by atoms with van der Waals surface area (Å²) in [6.45, 7) is 3.23. The minimum Gasteiger partial charge on any atom is -0.507 e. The van der Waals surface area contributed by atoms with Gasteiger partial charge in [-0.25, -0.2) is 0 Å². The van der Waals surface area contributed by atoms with Gasteiger partial charge in [0.15, 0.2) is 11.5 Å². The maximum absolute atomic E-state index is 13.2. The number of phenols is 1. The summed E-state index contributed by atoms with van der Waals surface area (Å²) >= 11 is 3.31. The van der Waals surface area contributed by atoms with Crippen LogP contribution in [-0.2, 0) is 14.3 Å². The quantitative estimate of drug-likeness (QED) is 0.180. The molecular weight excluding hydrogens is 518 g/mol. The molecule has 3 rings (SSSR count). The molecule has 1 fully saturated rings. The number of hydrogen-bond donors (Lipinski definition) is 2. The predicted molar refractivity (Wildman–Crippen MR) is 135 cm³/mol. The fourth-order valence-corrected chi connectivity index (χ4v) is 4.43. The van der Waals surface area contributed by atoms with E-state index in [4.69, 9.17) is 14.2 Å².